The highest BCUT2D eigenvalue weighted by Crippen LogP contribution is 2.36. The maximum atomic E-state index is 13.1. The van der Waals surface area contributed by atoms with Gasteiger partial charge in [-0.2, -0.15) is 0 Å². The molecule has 1 saturated carbocycles. The highest BCUT2D eigenvalue weighted by molar-refractivity contribution is 5.47. The highest BCUT2D eigenvalue weighted by Gasteiger charge is 2.31. The van der Waals surface area contributed by atoms with E-state index in [2.05, 4.69) is 9.88 Å². The van der Waals surface area contributed by atoms with Crippen molar-refractivity contribution < 1.29 is 9.50 Å². The van der Waals surface area contributed by atoms with Crippen LogP contribution in [0.1, 0.15) is 31.2 Å². The Bertz CT molecular complexity index is 426. The Morgan fingerprint density at radius 3 is 2.72 bits per heavy atom. The minimum absolute atomic E-state index is 0.147. The molecule has 18 heavy (non-hydrogen) atoms. The lowest BCUT2D eigenvalue weighted by Crippen LogP contribution is -2.43. The van der Waals surface area contributed by atoms with E-state index in [9.17, 15) is 9.50 Å². The van der Waals surface area contributed by atoms with Crippen LogP contribution in [0.2, 0.25) is 0 Å². The number of halogens is 1. The average molecular weight is 250 g/mol. The van der Waals surface area contributed by atoms with Crippen LogP contribution in [0.3, 0.4) is 0 Å². The summed E-state index contributed by atoms with van der Waals surface area (Å²) in [6.07, 6.45) is 6.50. The molecule has 2 unspecified atom stereocenters. The van der Waals surface area contributed by atoms with Crippen LogP contribution in [0, 0.1) is 17.7 Å². The van der Waals surface area contributed by atoms with Gasteiger partial charge in [0, 0.05) is 18.7 Å². The molecule has 2 aliphatic rings. The van der Waals surface area contributed by atoms with Gasteiger partial charge in [-0.05, 0) is 37.2 Å². The number of hydrogen-bond acceptors (Lipinski definition) is 3. The van der Waals surface area contributed by atoms with E-state index in [1.807, 2.05) is 0 Å². The lowest BCUT2D eigenvalue weighted by Gasteiger charge is -2.42. The molecule has 2 fully saturated rings. The van der Waals surface area contributed by atoms with Crippen molar-refractivity contribution in [2.24, 2.45) is 11.8 Å². The molecule has 0 aromatic carbocycles. The summed E-state index contributed by atoms with van der Waals surface area (Å²) in [5.74, 6) is 1.89. The summed E-state index contributed by atoms with van der Waals surface area (Å²) in [5, 5.41) is 9.34. The van der Waals surface area contributed by atoms with Gasteiger partial charge in [0.1, 0.15) is 11.6 Å². The third-order valence-electron chi connectivity index (χ3n) is 4.23. The van der Waals surface area contributed by atoms with E-state index < -0.39 is 0 Å². The Labute approximate surface area is 107 Å². The lowest BCUT2D eigenvalue weighted by molar-refractivity contribution is 0.229. The molecular formula is C14H19FN2O. The van der Waals surface area contributed by atoms with Crippen LogP contribution in [0.4, 0.5) is 10.2 Å². The third kappa shape index (κ3) is 2.21. The van der Waals surface area contributed by atoms with Gasteiger partial charge in [0.15, 0.2) is 0 Å². The number of pyridine rings is 1. The maximum Gasteiger partial charge on any atom is 0.142 e. The second-order valence-electron chi connectivity index (χ2n) is 5.60. The SMILES string of the molecule is OCc1cc(F)cnc1N1CC2CCCC(C2)C1. The van der Waals surface area contributed by atoms with Crippen molar-refractivity contribution in [1.82, 2.24) is 4.98 Å². The standard InChI is InChI=1S/C14H19FN2O/c15-13-5-12(9-18)14(16-6-13)17-7-10-2-1-3-11(4-10)8-17/h5-6,10-11,18H,1-4,7-9H2. The zero-order valence-corrected chi connectivity index (χ0v) is 10.5. The molecule has 2 heterocycles. The summed E-state index contributed by atoms with van der Waals surface area (Å²) in [6.45, 7) is 1.86. The molecule has 2 atom stereocenters. The Morgan fingerprint density at radius 1 is 1.33 bits per heavy atom. The Morgan fingerprint density at radius 2 is 2.06 bits per heavy atom. The third-order valence-corrected chi connectivity index (χ3v) is 4.23. The molecule has 0 spiro atoms. The van der Waals surface area contributed by atoms with Crippen LogP contribution < -0.4 is 4.90 Å². The number of nitrogens with zero attached hydrogens (tertiary/aromatic N) is 2. The second-order valence-corrected chi connectivity index (χ2v) is 5.60. The molecule has 4 heteroatoms. The summed E-state index contributed by atoms with van der Waals surface area (Å²) in [6, 6.07) is 1.40. The molecular weight excluding hydrogens is 231 g/mol. The van der Waals surface area contributed by atoms with E-state index in [0.29, 0.717) is 5.56 Å². The van der Waals surface area contributed by atoms with Gasteiger partial charge in [0.2, 0.25) is 0 Å². The number of aromatic nitrogens is 1. The summed E-state index contributed by atoms with van der Waals surface area (Å²) >= 11 is 0. The predicted octanol–water partition coefficient (Wildman–Crippen LogP) is 2.34. The monoisotopic (exact) mass is 250 g/mol. The number of rotatable bonds is 2. The van der Waals surface area contributed by atoms with E-state index >= 15 is 0 Å². The van der Waals surface area contributed by atoms with Crippen molar-refractivity contribution in [2.45, 2.75) is 32.3 Å². The minimum atomic E-state index is -0.375. The fourth-order valence-corrected chi connectivity index (χ4v) is 3.48. The van der Waals surface area contributed by atoms with Crippen molar-refractivity contribution in [3.8, 4) is 0 Å². The number of fused-ring (bicyclic) bond motifs is 2. The van der Waals surface area contributed by atoms with Crippen LogP contribution in [-0.4, -0.2) is 23.2 Å². The van der Waals surface area contributed by atoms with Crippen LogP contribution >= 0.6 is 0 Å². The van der Waals surface area contributed by atoms with Crippen molar-refractivity contribution in [1.29, 1.82) is 0 Å². The van der Waals surface area contributed by atoms with Gasteiger partial charge in [0.25, 0.3) is 0 Å². The van der Waals surface area contributed by atoms with Gasteiger partial charge in [-0.1, -0.05) is 6.42 Å². The number of aliphatic hydroxyl groups is 1. The molecule has 3 nitrogen and oxygen atoms in total. The van der Waals surface area contributed by atoms with E-state index in [0.717, 1.165) is 30.7 Å². The molecule has 1 aliphatic carbocycles. The topological polar surface area (TPSA) is 36.4 Å². The zero-order chi connectivity index (χ0) is 12.5. The fourth-order valence-electron chi connectivity index (χ4n) is 3.48. The summed E-state index contributed by atoms with van der Waals surface area (Å²) < 4.78 is 13.1. The normalized spacial score (nSPS) is 27.3. The number of piperidine rings is 1. The molecule has 1 aliphatic heterocycles. The molecule has 1 saturated heterocycles. The van der Waals surface area contributed by atoms with E-state index in [1.165, 1.54) is 37.9 Å². The van der Waals surface area contributed by atoms with Crippen LogP contribution in [0.5, 0.6) is 0 Å². The quantitative estimate of drug-likeness (QED) is 0.875. The van der Waals surface area contributed by atoms with E-state index in [4.69, 9.17) is 0 Å². The first-order valence-corrected chi connectivity index (χ1v) is 6.76. The van der Waals surface area contributed by atoms with Gasteiger partial charge >= 0.3 is 0 Å². The predicted molar refractivity (Wildman–Crippen MR) is 67.8 cm³/mol. The Balaban J connectivity index is 1.86. The molecule has 0 amide bonds. The smallest absolute Gasteiger partial charge is 0.142 e. The van der Waals surface area contributed by atoms with Crippen molar-refractivity contribution in [3.63, 3.8) is 0 Å². The van der Waals surface area contributed by atoms with Crippen molar-refractivity contribution >= 4 is 5.82 Å². The van der Waals surface area contributed by atoms with Crippen molar-refractivity contribution in [3.05, 3.63) is 23.6 Å². The average Bonchev–Trinajstić information content (AvgIpc) is 2.38. The van der Waals surface area contributed by atoms with Crippen LogP contribution in [-0.2, 0) is 6.61 Å². The van der Waals surface area contributed by atoms with Gasteiger partial charge in [-0.15, -0.1) is 0 Å². The Kier molecular flexibility index (Phi) is 3.20. The highest BCUT2D eigenvalue weighted by atomic mass is 19.1. The molecule has 3 rings (SSSR count). The number of hydrogen-bond donors (Lipinski definition) is 1. The van der Waals surface area contributed by atoms with E-state index in [-0.39, 0.29) is 12.4 Å². The maximum absolute atomic E-state index is 13.1. The van der Waals surface area contributed by atoms with Gasteiger partial charge in [-0.25, -0.2) is 9.37 Å². The lowest BCUT2D eigenvalue weighted by atomic mass is 9.78. The van der Waals surface area contributed by atoms with Crippen LogP contribution in [0.25, 0.3) is 0 Å². The molecule has 2 bridgehead atoms. The van der Waals surface area contributed by atoms with Crippen molar-refractivity contribution in [2.75, 3.05) is 18.0 Å². The number of anilines is 1. The van der Waals surface area contributed by atoms with Gasteiger partial charge in [0.05, 0.1) is 12.8 Å². The summed E-state index contributed by atoms with van der Waals surface area (Å²) in [5.41, 5.74) is 0.606. The Hall–Kier alpha value is -1.16. The van der Waals surface area contributed by atoms with E-state index in [1.54, 1.807) is 0 Å². The van der Waals surface area contributed by atoms with Gasteiger partial charge in [-0.3, -0.25) is 0 Å². The zero-order valence-electron chi connectivity index (χ0n) is 10.5. The summed E-state index contributed by atoms with van der Waals surface area (Å²) in [4.78, 5) is 6.43. The molecule has 0 radical (unpaired) electrons. The fraction of sp³-hybridized carbons (Fsp3) is 0.643. The largest absolute Gasteiger partial charge is 0.392 e. The summed E-state index contributed by atoms with van der Waals surface area (Å²) in [7, 11) is 0. The first-order chi connectivity index (χ1) is 8.76. The van der Waals surface area contributed by atoms with Gasteiger partial charge < -0.3 is 10.0 Å². The number of aliphatic hydroxyl groups excluding tert-OH is 1. The van der Waals surface area contributed by atoms with Crippen LogP contribution in [0.15, 0.2) is 12.3 Å². The first-order valence-electron chi connectivity index (χ1n) is 6.76. The molecule has 1 N–H and O–H groups in total. The molecule has 1 aromatic rings. The molecule has 98 valence electrons. The minimum Gasteiger partial charge on any atom is -0.392 e. The second kappa shape index (κ2) is 4.84. The first kappa shape index (κ1) is 11.9. The molecule has 1 aromatic heterocycles.